The first kappa shape index (κ1) is 13.2. The van der Waals surface area contributed by atoms with Crippen molar-refractivity contribution in [2.75, 3.05) is 19.0 Å². The second-order valence-corrected chi connectivity index (χ2v) is 4.93. The van der Waals surface area contributed by atoms with Crippen molar-refractivity contribution in [3.8, 4) is 11.8 Å². The summed E-state index contributed by atoms with van der Waals surface area (Å²) in [5.74, 6) is 5.77. The Kier molecular flexibility index (Phi) is 3.33. The van der Waals surface area contributed by atoms with Crippen molar-refractivity contribution in [2.24, 2.45) is 0 Å². The molecular formula is C17H14FN3. The van der Waals surface area contributed by atoms with Gasteiger partial charge in [0.05, 0.1) is 11.1 Å². The molecule has 0 aliphatic heterocycles. The van der Waals surface area contributed by atoms with Crippen LogP contribution in [0.5, 0.6) is 0 Å². The molecule has 0 spiro atoms. The molecule has 4 heteroatoms. The molecule has 2 heterocycles. The number of hydrogen-bond acceptors (Lipinski definition) is 2. The number of aromatic nitrogens is 2. The van der Waals surface area contributed by atoms with Gasteiger partial charge in [-0.05, 0) is 42.3 Å². The maximum atomic E-state index is 13.6. The summed E-state index contributed by atoms with van der Waals surface area (Å²) in [6, 6.07) is 11.0. The summed E-state index contributed by atoms with van der Waals surface area (Å²) in [5.41, 5.74) is 3.20. The summed E-state index contributed by atoms with van der Waals surface area (Å²) in [5, 5.41) is 0.463. The van der Waals surface area contributed by atoms with Gasteiger partial charge >= 0.3 is 0 Å². The van der Waals surface area contributed by atoms with Crippen molar-refractivity contribution in [1.82, 2.24) is 9.97 Å². The van der Waals surface area contributed by atoms with Gasteiger partial charge in [0.25, 0.3) is 0 Å². The highest BCUT2D eigenvalue weighted by Crippen LogP contribution is 2.16. The standard InChI is InChI=1S/C17H14FN3/c1-21(2)14-7-4-12(5-8-14)3-6-13-11-15-16(18)9-10-19-17(15)20-13/h4-5,7-11H,1-2H3,(H,19,20). The lowest BCUT2D eigenvalue weighted by Gasteiger charge is -2.11. The minimum Gasteiger partial charge on any atom is -0.378 e. The van der Waals surface area contributed by atoms with Crippen LogP contribution in [0.15, 0.2) is 42.6 Å². The van der Waals surface area contributed by atoms with Crippen molar-refractivity contribution in [1.29, 1.82) is 0 Å². The SMILES string of the molecule is CN(C)c1ccc(C#Cc2cc3c(F)ccnc3[nH]2)cc1. The largest absolute Gasteiger partial charge is 0.378 e. The van der Waals surface area contributed by atoms with Crippen LogP contribution >= 0.6 is 0 Å². The summed E-state index contributed by atoms with van der Waals surface area (Å²) >= 11 is 0. The maximum Gasteiger partial charge on any atom is 0.141 e. The second-order valence-electron chi connectivity index (χ2n) is 4.93. The lowest BCUT2D eigenvalue weighted by atomic mass is 10.2. The van der Waals surface area contributed by atoms with Crippen LogP contribution in [0, 0.1) is 17.7 Å². The average molecular weight is 279 g/mol. The number of pyridine rings is 1. The second kappa shape index (κ2) is 5.29. The topological polar surface area (TPSA) is 31.9 Å². The van der Waals surface area contributed by atoms with Crippen LogP contribution in [0.1, 0.15) is 11.3 Å². The molecule has 2 aromatic heterocycles. The lowest BCUT2D eigenvalue weighted by molar-refractivity contribution is 0.638. The van der Waals surface area contributed by atoms with Gasteiger partial charge < -0.3 is 9.88 Å². The average Bonchev–Trinajstić information content (AvgIpc) is 2.90. The van der Waals surface area contributed by atoms with Gasteiger partial charge in [0.2, 0.25) is 0 Å². The van der Waals surface area contributed by atoms with Crippen LogP contribution in [-0.4, -0.2) is 24.1 Å². The summed E-state index contributed by atoms with van der Waals surface area (Å²) in [6.45, 7) is 0. The minimum atomic E-state index is -0.292. The van der Waals surface area contributed by atoms with E-state index >= 15 is 0 Å². The first-order chi connectivity index (χ1) is 10.1. The Balaban J connectivity index is 1.90. The number of fused-ring (bicyclic) bond motifs is 1. The van der Waals surface area contributed by atoms with Gasteiger partial charge in [-0.3, -0.25) is 0 Å². The Bertz CT molecular complexity index is 836. The fourth-order valence-corrected chi connectivity index (χ4v) is 2.04. The number of halogens is 1. The molecule has 21 heavy (non-hydrogen) atoms. The van der Waals surface area contributed by atoms with Gasteiger partial charge in [0.1, 0.15) is 11.5 Å². The molecule has 0 unspecified atom stereocenters. The van der Waals surface area contributed by atoms with Crippen LogP contribution in [0.3, 0.4) is 0 Å². The molecule has 0 atom stereocenters. The van der Waals surface area contributed by atoms with Gasteiger partial charge in [-0.1, -0.05) is 5.92 Å². The summed E-state index contributed by atoms with van der Waals surface area (Å²) in [6.07, 6.45) is 1.44. The van der Waals surface area contributed by atoms with Gasteiger partial charge in [0, 0.05) is 31.5 Å². The molecule has 0 radical (unpaired) electrons. The van der Waals surface area contributed by atoms with Crippen LogP contribution in [-0.2, 0) is 0 Å². The molecule has 0 aliphatic rings. The van der Waals surface area contributed by atoms with Crippen LogP contribution in [0.2, 0.25) is 0 Å². The third kappa shape index (κ3) is 2.72. The number of benzene rings is 1. The molecule has 3 aromatic rings. The predicted octanol–water partition coefficient (Wildman–Crippen LogP) is 3.17. The molecular weight excluding hydrogens is 265 g/mol. The highest BCUT2D eigenvalue weighted by Gasteiger charge is 2.04. The number of aromatic amines is 1. The van der Waals surface area contributed by atoms with E-state index in [-0.39, 0.29) is 5.82 Å². The van der Waals surface area contributed by atoms with Gasteiger partial charge in [-0.2, -0.15) is 0 Å². The smallest absolute Gasteiger partial charge is 0.141 e. The number of hydrogen-bond donors (Lipinski definition) is 1. The van der Waals surface area contributed by atoms with Gasteiger partial charge in [0.15, 0.2) is 0 Å². The number of nitrogens with one attached hydrogen (secondary N) is 1. The van der Waals surface area contributed by atoms with E-state index in [2.05, 4.69) is 21.8 Å². The third-order valence-electron chi connectivity index (χ3n) is 3.20. The van der Waals surface area contributed by atoms with Crippen molar-refractivity contribution >= 4 is 16.7 Å². The Morgan fingerprint density at radius 3 is 2.52 bits per heavy atom. The summed E-state index contributed by atoms with van der Waals surface area (Å²) < 4.78 is 13.6. The summed E-state index contributed by atoms with van der Waals surface area (Å²) in [4.78, 5) is 9.11. The lowest BCUT2D eigenvalue weighted by Crippen LogP contribution is -2.07. The van der Waals surface area contributed by atoms with E-state index in [1.165, 1.54) is 12.3 Å². The molecule has 0 bridgehead atoms. The molecule has 0 fully saturated rings. The van der Waals surface area contributed by atoms with Crippen molar-refractivity contribution in [3.63, 3.8) is 0 Å². The molecule has 3 nitrogen and oxygen atoms in total. The highest BCUT2D eigenvalue weighted by molar-refractivity contribution is 5.78. The fourth-order valence-electron chi connectivity index (χ4n) is 2.04. The Hall–Kier alpha value is -2.80. The minimum absolute atomic E-state index is 0.292. The molecule has 104 valence electrons. The number of H-pyrrole nitrogens is 1. The Morgan fingerprint density at radius 2 is 1.86 bits per heavy atom. The molecule has 1 N–H and O–H groups in total. The van der Waals surface area contributed by atoms with Crippen molar-refractivity contribution < 1.29 is 4.39 Å². The molecule has 0 saturated heterocycles. The van der Waals surface area contributed by atoms with E-state index in [4.69, 9.17) is 0 Å². The first-order valence-corrected chi connectivity index (χ1v) is 6.56. The van der Waals surface area contributed by atoms with Gasteiger partial charge in [-0.25, -0.2) is 9.37 Å². The van der Waals surface area contributed by atoms with E-state index in [9.17, 15) is 4.39 Å². The number of nitrogens with zero attached hydrogens (tertiary/aromatic N) is 2. The van der Waals surface area contributed by atoms with E-state index in [1.54, 1.807) is 6.07 Å². The maximum absolute atomic E-state index is 13.6. The van der Waals surface area contributed by atoms with E-state index in [0.717, 1.165) is 11.3 Å². The fraction of sp³-hybridized carbons (Fsp3) is 0.118. The third-order valence-corrected chi connectivity index (χ3v) is 3.20. The Morgan fingerprint density at radius 1 is 1.10 bits per heavy atom. The molecule has 1 aromatic carbocycles. The van der Waals surface area contributed by atoms with Crippen LogP contribution in [0.25, 0.3) is 11.0 Å². The Labute approximate surface area is 122 Å². The molecule has 3 rings (SSSR count). The quantitative estimate of drug-likeness (QED) is 0.694. The number of anilines is 1. The summed E-state index contributed by atoms with van der Waals surface area (Å²) in [7, 11) is 3.99. The normalized spacial score (nSPS) is 10.2. The molecule has 0 saturated carbocycles. The first-order valence-electron chi connectivity index (χ1n) is 6.56. The number of rotatable bonds is 1. The van der Waals surface area contributed by atoms with E-state index in [0.29, 0.717) is 16.7 Å². The predicted molar refractivity (Wildman–Crippen MR) is 82.8 cm³/mol. The van der Waals surface area contributed by atoms with E-state index < -0.39 is 0 Å². The zero-order chi connectivity index (χ0) is 14.8. The molecule has 0 amide bonds. The molecule has 0 aliphatic carbocycles. The van der Waals surface area contributed by atoms with Gasteiger partial charge in [-0.15, -0.1) is 0 Å². The van der Waals surface area contributed by atoms with Crippen LogP contribution < -0.4 is 4.90 Å². The van der Waals surface area contributed by atoms with Crippen molar-refractivity contribution in [2.45, 2.75) is 0 Å². The van der Waals surface area contributed by atoms with E-state index in [1.807, 2.05) is 43.3 Å². The zero-order valence-corrected chi connectivity index (χ0v) is 11.8. The van der Waals surface area contributed by atoms with Crippen LogP contribution in [0.4, 0.5) is 10.1 Å². The monoisotopic (exact) mass is 279 g/mol. The van der Waals surface area contributed by atoms with Crippen molar-refractivity contribution in [3.05, 3.63) is 59.7 Å². The highest BCUT2D eigenvalue weighted by atomic mass is 19.1. The zero-order valence-electron chi connectivity index (χ0n) is 11.8.